The third kappa shape index (κ3) is 4.74. The monoisotopic (exact) mass is 542 g/mol. The lowest BCUT2D eigenvalue weighted by Gasteiger charge is -2.46. The second-order valence-corrected chi connectivity index (χ2v) is 9.39. The van der Waals surface area contributed by atoms with Crippen LogP contribution in [0.2, 0.25) is 0 Å². The second kappa shape index (κ2) is 10.8. The van der Waals surface area contributed by atoms with E-state index in [1.165, 1.54) is 24.3 Å². The van der Waals surface area contributed by atoms with Crippen molar-refractivity contribution in [3.63, 3.8) is 0 Å². The number of rotatable bonds is 8. The number of benzene rings is 4. The minimum Gasteiger partial charge on any atom is -0.497 e. The summed E-state index contributed by atoms with van der Waals surface area (Å²) in [5.74, 6) is 1.33. The molecule has 5 rings (SSSR count). The van der Waals surface area contributed by atoms with Crippen LogP contribution in [-0.4, -0.2) is 24.1 Å². The third-order valence-corrected chi connectivity index (χ3v) is 7.36. The molecule has 4 aromatic carbocycles. The molecule has 0 spiro atoms. The second-order valence-electron chi connectivity index (χ2n) is 9.39. The van der Waals surface area contributed by atoms with Gasteiger partial charge >= 0.3 is 0 Å². The minimum absolute atomic E-state index is 0.0381. The Morgan fingerprint density at radius 2 is 0.825 bits per heavy atom. The largest absolute Gasteiger partial charge is 0.497 e. The van der Waals surface area contributed by atoms with Crippen LogP contribution in [0.3, 0.4) is 0 Å². The van der Waals surface area contributed by atoms with Crippen molar-refractivity contribution < 1.29 is 29.1 Å². The molecule has 0 aliphatic carbocycles. The van der Waals surface area contributed by atoms with Crippen LogP contribution < -0.4 is 9.47 Å². The molecule has 2 unspecified atom stereocenters. The van der Waals surface area contributed by atoms with Crippen LogP contribution in [0, 0.1) is 20.2 Å². The highest BCUT2D eigenvalue weighted by Gasteiger charge is 2.50. The van der Waals surface area contributed by atoms with Crippen LogP contribution in [0.4, 0.5) is 11.4 Å². The van der Waals surface area contributed by atoms with Gasteiger partial charge in [-0.1, -0.05) is 24.3 Å². The topological polar surface area (TPSA) is 123 Å². The number of nitro benzene ring substituents is 2. The fraction of sp³-hybridized carbons (Fsp3) is 0.200. The minimum atomic E-state index is -1.10. The molecular weight excluding hydrogens is 516 g/mol. The number of hydrogen-bond acceptors (Lipinski definition) is 8. The van der Waals surface area contributed by atoms with Crippen LogP contribution in [0.15, 0.2) is 97.1 Å². The Bertz CT molecular complexity index is 1380. The van der Waals surface area contributed by atoms with Gasteiger partial charge in [0.25, 0.3) is 11.4 Å². The molecule has 204 valence electrons. The van der Waals surface area contributed by atoms with Crippen molar-refractivity contribution in [2.45, 2.75) is 24.0 Å². The number of hydrogen-bond donors (Lipinski definition) is 0. The molecule has 0 N–H and O–H groups in total. The number of non-ortho nitro benzene ring substituents is 2. The molecule has 1 fully saturated rings. The summed E-state index contributed by atoms with van der Waals surface area (Å²) >= 11 is 0. The van der Waals surface area contributed by atoms with E-state index < -0.39 is 21.0 Å². The highest BCUT2D eigenvalue weighted by Crippen LogP contribution is 2.51. The number of nitrogens with zero attached hydrogens (tertiary/aromatic N) is 2. The summed E-state index contributed by atoms with van der Waals surface area (Å²) in [6.07, 6.45) is 0.834. The molecule has 0 bridgehead atoms. The van der Waals surface area contributed by atoms with Crippen LogP contribution >= 0.6 is 0 Å². The van der Waals surface area contributed by atoms with E-state index in [9.17, 15) is 20.2 Å². The van der Waals surface area contributed by atoms with E-state index >= 15 is 0 Å². The first-order valence-corrected chi connectivity index (χ1v) is 12.5. The summed E-state index contributed by atoms with van der Waals surface area (Å²) in [5.41, 5.74) is 0.623. The molecule has 4 aromatic rings. The number of methoxy groups -OCH3 is 2. The van der Waals surface area contributed by atoms with E-state index in [0.29, 0.717) is 35.5 Å². The fourth-order valence-electron chi connectivity index (χ4n) is 5.11. The van der Waals surface area contributed by atoms with E-state index in [-0.39, 0.29) is 11.4 Å². The van der Waals surface area contributed by atoms with Gasteiger partial charge in [-0.2, -0.15) is 0 Å². The summed E-state index contributed by atoms with van der Waals surface area (Å²) in [5, 5.41) is 22.6. The van der Waals surface area contributed by atoms with Gasteiger partial charge in [0.2, 0.25) is 0 Å². The summed E-state index contributed by atoms with van der Waals surface area (Å²) in [6, 6.07) is 27.1. The summed E-state index contributed by atoms with van der Waals surface area (Å²) in [4.78, 5) is 34.5. The van der Waals surface area contributed by atoms with E-state index in [4.69, 9.17) is 19.2 Å². The number of nitro groups is 2. The zero-order valence-electron chi connectivity index (χ0n) is 21.8. The standard InChI is InChI=1S/C30H26N2O8/c1-37-27-15-7-23(8-16-27)29(21-3-11-25(12-4-21)31(33)34)19-20-30(40-39-29,24-9-17-28(38-2)18-10-24)22-5-13-26(14-6-22)32(35)36/h3-18H,19-20H2,1-2H3. The quantitative estimate of drug-likeness (QED) is 0.141. The Balaban J connectivity index is 1.60. The Kier molecular flexibility index (Phi) is 7.20. The van der Waals surface area contributed by atoms with Gasteiger partial charge in [0.05, 0.1) is 24.1 Å². The summed E-state index contributed by atoms with van der Waals surface area (Å²) in [6.45, 7) is 0. The zero-order valence-corrected chi connectivity index (χ0v) is 21.8. The molecule has 10 heteroatoms. The first-order chi connectivity index (χ1) is 19.3. The highest BCUT2D eigenvalue weighted by atomic mass is 17.2. The van der Waals surface area contributed by atoms with Crippen molar-refractivity contribution >= 4 is 11.4 Å². The smallest absolute Gasteiger partial charge is 0.269 e. The van der Waals surface area contributed by atoms with Crippen molar-refractivity contribution in [1.82, 2.24) is 0 Å². The van der Waals surface area contributed by atoms with Crippen LogP contribution in [-0.2, 0) is 21.0 Å². The third-order valence-electron chi connectivity index (χ3n) is 7.36. The number of ether oxygens (including phenoxy) is 2. The molecule has 0 amide bonds. The van der Waals surface area contributed by atoms with Gasteiger partial charge in [0, 0.05) is 24.3 Å². The van der Waals surface area contributed by atoms with Crippen molar-refractivity contribution in [1.29, 1.82) is 0 Å². The van der Waals surface area contributed by atoms with Gasteiger partial charge in [-0.15, -0.1) is 0 Å². The van der Waals surface area contributed by atoms with Gasteiger partial charge in [-0.05, 0) is 83.6 Å². The Morgan fingerprint density at radius 1 is 0.550 bits per heavy atom. The summed E-state index contributed by atoms with van der Waals surface area (Å²) < 4.78 is 10.7. The summed E-state index contributed by atoms with van der Waals surface area (Å²) in [7, 11) is 3.16. The normalized spacial score (nSPS) is 20.4. The van der Waals surface area contributed by atoms with E-state index in [2.05, 4.69) is 0 Å². The predicted octanol–water partition coefficient (Wildman–Crippen LogP) is 6.45. The Morgan fingerprint density at radius 3 is 1.05 bits per heavy atom. The Hall–Kier alpha value is -4.80. The first kappa shape index (κ1) is 26.8. The molecule has 0 aromatic heterocycles. The lowest BCUT2D eigenvalue weighted by molar-refractivity contribution is -0.432. The molecule has 0 radical (unpaired) electrons. The zero-order chi connectivity index (χ0) is 28.3. The van der Waals surface area contributed by atoms with Gasteiger partial charge in [-0.25, -0.2) is 9.78 Å². The molecule has 1 aliphatic heterocycles. The molecule has 40 heavy (non-hydrogen) atoms. The maximum Gasteiger partial charge on any atom is 0.269 e. The maximum absolute atomic E-state index is 11.3. The fourth-order valence-corrected chi connectivity index (χ4v) is 5.11. The van der Waals surface area contributed by atoms with E-state index in [1.807, 2.05) is 48.5 Å². The predicted molar refractivity (Wildman–Crippen MR) is 145 cm³/mol. The highest BCUT2D eigenvalue weighted by molar-refractivity contribution is 5.46. The average Bonchev–Trinajstić information content (AvgIpc) is 3.01. The first-order valence-electron chi connectivity index (χ1n) is 12.5. The average molecular weight is 543 g/mol. The molecule has 0 saturated carbocycles. The van der Waals surface area contributed by atoms with Crippen molar-refractivity contribution in [3.05, 3.63) is 140 Å². The van der Waals surface area contributed by atoms with Crippen molar-refractivity contribution in [3.8, 4) is 11.5 Å². The van der Waals surface area contributed by atoms with Gasteiger partial charge in [0.1, 0.15) is 11.5 Å². The lowest BCUT2D eigenvalue weighted by Crippen LogP contribution is -2.45. The molecular formula is C30H26N2O8. The lowest BCUT2D eigenvalue weighted by atomic mass is 9.74. The van der Waals surface area contributed by atoms with Gasteiger partial charge in [-0.3, -0.25) is 20.2 Å². The van der Waals surface area contributed by atoms with Crippen LogP contribution in [0.1, 0.15) is 35.1 Å². The van der Waals surface area contributed by atoms with Gasteiger partial charge < -0.3 is 9.47 Å². The van der Waals surface area contributed by atoms with Crippen molar-refractivity contribution in [2.24, 2.45) is 0 Å². The molecule has 10 nitrogen and oxygen atoms in total. The Labute approximate surface area is 229 Å². The van der Waals surface area contributed by atoms with Gasteiger partial charge in [0.15, 0.2) is 11.2 Å². The van der Waals surface area contributed by atoms with E-state index in [0.717, 1.165) is 11.1 Å². The van der Waals surface area contributed by atoms with Crippen LogP contribution in [0.25, 0.3) is 0 Å². The molecule has 1 saturated heterocycles. The maximum atomic E-state index is 11.3. The van der Waals surface area contributed by atoms with Crippen LogP contribution in [0.5, 0.6) is 11.5 Å². The molecule has 1 aliphatic rings. The SMILES string of the molecule is COc1ccc(C2(c3ccc([N+](=O)[O-])cc3)CCC(c3ccc(OC)cc3)(c3ccc([N+](=O)[O-])cc3)OO2)cc1. The van der Waals surface area contributed by atoms with E-state index in [1.54, 1.807) is 38.5 Å². The van der Waals surface area contributed by atoms with Crippen molar-refractivity contribution in [2.75, 3.05) is 14.2 Å². The molecule has 1 heterocycles. The molecule has 2 atom stereocenters.